The maximum absolute atomic E-state index is 12.7. The molecule has 7 heteroatoms. The van der Waals surface area contributed by atoms with Crippen molar-refractivity contribution < 1.29 is 14.1 Å². The van der Waals surface area contributed by atoms with E-state index in [0.717, 1.165) is 29.1 Å². The number of hydrogen-bond acceptors (Lipinski definition) is 5. The maximum Gasteiger partial charge on any atom is 0.278 e. The number of benzene rings is 1. The molecule has 0 unspecified atom stereocenters. The van der Waals surface area contributed by atoms with Crippen LogP contribution in [-0.4, -0.2) is 20.8 Å². The minimum Gasteiger partial charge on any atom is -0.488 e. The van der Waals surface area contributed by atoms with Gasteiger partial charge in [0.2, 0.25) is 0 Å². The summed E-state index contributed by atoms with van der Waals surface area (Å²) < 4.78 is 12.9. The molecule has 0 spiro atoms. The van der Waals surface area contributed by atoms with Crippen molar-refractivity contribution in [3.8, 4) is 5.75 Å². The lowest BCUT2D eigenvalue weighted by Gasteiger charge is -2.10. The highest BCUT2D eigenvalue weighted by Crippen LogP contribution is 2.23. The third-order valence-corrected chi connectivity index (χ3v) is 4.43. The number of anilines is 1. The number of nitrogens with one attached hydrogen (secondary N) is 1. The third kappa shape index (κ3) is 4.02. The summed E-state index contributed by atoms with van der Waals surface area (Å²) in [7, 11) is 0. The van der Waals surface area contributed by atoms with Gasteiger partial charge in [0.15, 0.2) is 5.69 Å². The number of ether oxygens (including phenoxy) is 1. The van der Waals surface area contributed by atoms with Crippen molar-refractivity contribution in [1.29, 1.82) is 0 Å². The molecule has 1 aromatic carbocycles. The van der Waals surface area contributed by atoms with E-state index < -0.39 is 0 Å². The van der Waals surface area contributed by atoms with E-state index in [0.29, 0.717) is 17.0 Å². The zero-order valence-electron chi connectivity index (χ0n) is 16.3. The molecule has 0 atom stereocenters. The van der Waals surface area contributed by atoms with Gasteiger partial charge >= 0.3 is 0 Å². The molecule has 2 heterocycles. The molecule has 0 bridgehead atoms. The van der Waals surface area contributed by atoms with Crippen molar-refractivity contribution in [2.45, 2.75) is 47.8 Å². The molecule has 0 aliphatic rings. The highest BCUT2D eigenvalue weighted by molar-refractivity contribution is 6.04. The molecule has 0 aliphatic heterocycles. The monoisotopic (exact) mass is 368 g/mol. The van der Waals surface area contributed by atoms with Crippen molar-refractivity contribution >= 4 is 11.6 Å². The Kier molecular flexibility index (Phi) is 5.30. The highest BCUT2D eigenvalue weighted by atomic mass is 16.5. The molecule has 3 rings (SSSR count). The fourth-order valence-corrected chi connectivity index (χ4v) is 2.74. The number of carbonyl (C=O) groups is 1. The summed E-state index contributed by atoms with van der Waals surface area (Å²) in [6, 6.07) is 6.01. The van der Waals surface area contributed by atoms with Gasteiger partial charge in [-0.25, -0.2) is 0 Å². The van der Waals surface area contributed by atoms with E-state index in [1.54, 1.807) is 17.8 Å². The Morgan fingerprint density at radius 3 is 2.74 bits per heavy atom. The average Bonchev–Trinajstić information content (AvgIpc) is 3.18. The van der Waals surface area contributed by atoms with Gasteiger partial charge < -0.3 is 14.6 Å². The van der Waals surface area contributed by atoms with E-state index in [-0.39, 0.29) is 18.2 Å². The van der Waals surface area contributed by atoms with E-state index in [4.69, 9.17) is 9.26 Å². The van der Waals surface area contributed by atoms with Crippen molar-refractivity contribution in [2.24, 2.45) is 0 Å². The van der Waals surface area contributed by atoms with Gasteiger partial charge in [0.05, 0.1) is 16.9 Å². The molecule has 0 saturated carbocycles. The minimum atomic E-state index is -0.342. The molecule has 3 aromatic rings. The zero-order valence-corrected chi connectivity index (χ0v) is 16.3. The maximum atomic E-state index is 12.7. The molecule has 0 fully saturated rings. The number of nitrogens with zero attached hydrogens (tertiary/aromatic N) is 3. The molecule has 1 N–H and O–H groups in total. The molecule has 1 amide bonds. The Balaban J connectivity index is 1.78. The first-order valence-electron chi connectivity index (χ1n) is 8.89. The van der Waals surface area contributed by atoms with Crippen LogP contribution in [0.1, 0.15) is 45.6 Å². The van der Waals surface area contributed by atoms with Crippen LogP contribution >= 0.6 is 0 Å². The van der Waals surface area contributed by atoms with E-state index in [9.17, 15) is 4.79 Å². The molecule has 2 aromatic heterocycles. The number of rotatable bonds is 6. The molecule has 142 valence electrons. The van der Waals surface area contributed by atoms with Gasteiger partial charge in [-0.15, -0.1) is 0 Å². The van der Waals surface area contributed by atoms with Crippen LogP contribution in [0.2, 0.25) is 0 Å². The second kappa shape index (κ2) is 7.65. The van der Waals surface area contributed by atoms with E-state index >= 15 is 0 Å². The second-order valence-electron chi connectivity index (χ2n) is 6.56. The van der Waals surface area contributed by atoms with Crippen LogP contribution in [0.15, 0.2) is 28.9 Å². The topological polar surface area (TPSA) is 82.2 Å². The summed E-state index contributed by atoms with van der Waals surface area (Å²) in [5.41, 5.74) is 4.40. The summed E-state index contributed by atoms with van der Waals surface area (Å²) in [5.74, 6) is 0.999. The quantitative estimate of drug-likeness (QED) is 0.712. The van der Waals surface area contributed by atoms with Crippen molar-refractivity contribution in [2.75, 3.05) is 5.32 Å². The fourth-order valence-electron chi connectivity index (χ4n) is 2.74. The molecular formula is C20H24N4O3. The van der Waals surface area contributed by atoms with E-state index in [1.807, 2.05) is 45.9 Å². The Bertz CT molecular complexity index is 972. The molecular weight excluding hydrogens is 344 g/mol. The summed E-state index contributed by atoms with van der Waals surface area (Å²) >= 11 is 0. The van der Waals surface area contributed by atoms with Crippen molar-refractivity contribution in [3.05, 3.63) is 58.2 Å². The summed E-state index contributed by atoms with van der Waals surface area (Å²) in [6.45, 7) is 10.5. The fraction of sp³-hybridized carbons (Fsp3) is 0.350. The third-order valence-electron chi connectivity index (χ3n) is 4.43. The lowest BCUT2D eigenvalue weighted by molar-refractivity contribution is 0.101. The molecule has 0 aliphatic carbocycles. The Hall–Kier alpha value is -3.09. The summed E-state index contributed by atoms with van der Waals surface area (Å²) in [5, 5.41) is 11.1. The number of carbonyl (C=O) groups excluding carboxylic acids is 1. The predicted molar refractivity (Wildman–Crippen MR) is 102 cm³/mol. The van der Waals surface area contributed by atoms with E-state index in [2.05, 4.69) is 15.6 Å². The largest absolute Gasteiger partial charge is 0.488 e. The Labute approximate surface area is 158 Å². The van der Waals surface area contributed by atoms with Crippen LogP contribution in [0.25, 0.3) is 0 Å². The van der Waals surface area contributed by atoms with Gasteiger partial charge in [-0.1, -0.05) is 17.3 Å². The van der Waals surface area contributed by atoms with Gasteiger partial charge in [0.25, 0.3) is 5.91 Å². The zero-order chi connectivity index (χ0) is 19.6. The van der Waals surface area contributed by atoms with Crippen LogP contribution in [0.4, 0.5) is 5.69 Å². The molecule has 27 heavy (non-hydrogen) atoms. The van der Waals surface area contributed by atoms with Crippen LogP contribution in [0.5, 0.6) is 5.75 Å². The first-order valence-corrected chi connectivity index (χ1v) is 8.89. The van der Waals surface area contributed by atoms with Crippen LogP contribution in [-0.2, 0) is 13.2 Å². The predicted octanol–water partition coefficient (Wildman–Crippen LogP) is 3.96. The Morgan fingerprint density at radius 1 is 1.26 bits per heavy atom. The van der Waals surface area contributed by atoms with Gasteiger partial charge in [-0.2, -0.15) is 5.10 Å². The molecule has 0 saturated heterocycles. The number of aryl methyl sites for hydroxylation is 5. The summed E-state index contributed by atoms with van der Waals surface area (Å²) in [6.07, 6.45) is 1.80. The van der Waals surface area contributed by atoms with Crippen molar-refractivity contribution in [3.63, 3.8) is 0 Å². The molecule has 7 nitrogen and oxygen atoms in total. The molecule has 0 radical (unpaired) electrons. The SMILES string of the molecule is CCn1cc(NC(=O)c2noc(C)c2COc2cc(C)ccc2C)c(C)n1. The smallest absolute Gasteiger partial charge is 0.278 e. The standard InChI is InChI=1S/C20H24N4O3/c1-6-24-10-17(14(4)22-24)21-20(25)19-16(15(5)27-23-19)11-26-18-9-12(2)7-8-13(18)3/h7-10H,6,11H2,1-5H3,(H,21,25). The van der Waals surface area contributed by atoms with Crippen molar-refractivity contribution in [1.82, 2.24) is 14.9 Å². The van der Waals surface area contributed by atoms with Gasteiger partial charge in [-0.3, -0.25) is 9.48 Å². The number of hydrogen-bond donors (Lipinski definition) is 1. The lowest BCUT2D eigenvalue weighted by Crippen LogP contribution is -2.15. The number of aromatic nitrogens is 3. The average molecular weight is 368 g/mol. The minimum absolute atomic E-state index is 0.204. The highest BCUT2D eigenvalue weighted by Gasteiger charge is 2.22. The van der Waals surface area contributed by atoms with Crippen LogP contribution in [0.3, 0.4) is 0 Å². The van der Waals surface area contributed by atoms with Crippen LogP contribution in [0, 0.1) is 27.7 Å². The van der Waals surface area contributed by atoms with Gasteiger partial charge in [-0.05, 0) is 51.8 Å². The number of amides is 1. The summed E-state index contributed by atoms with van der Waals surface area (Å²) in [4.78, 5) is 12.7. The first kappa shape index (κ1) is 18.7. The first-order chi connectivity index (χ1) is 12.9. The van der Waals surface area contributed by atoms with Gasteiger partial charge in [0.1, 0.15) is 18.1 Å². The van der Waals surface area contributed by atoms with Crippen LogP contribution < -0.4 is 10.1 Å². The lowest BCUT2D eigenvalue weighted by atomic mass is 10.1. The van der Waals surface area contributed by atoms with E-state index in [1.165, 1.54) is 0 Å². The normalized spacial score (nSPS) is 10.9. The van der Waals surface area contributed by atoms with Gasteiger partial charge in [0, 0.05) is 12.7 Å². The second-order valence-corrected chi connectivity index (χ2v) is 6.56. The Morgan fingerprint density at radius 2 is 2.04 bits per heavy atom.